The molecule has 10 heteroatoms. The molecule has 1 aromatic carbocycles. The van der Waals surface area contributed by atoms with Gasteiger partial charge in [-0.3, -0.25) is 4.90 Å². The van der Waals surface area contributed by atoms with Crippen molar-refractivity contribution < 1.29 is 27.8 Å². The van der Waals surface area contributed by atoms with E-state index in [4.69, 9.17) is 4.74 Å². The number of hydrogen-bond donors (Lipinski definition) is 1. The van der Waals surface area contributed by atoms with Gasteiger partial charge in [-0.1, -0.05) is 12.1 Å². The van der Waals surface area contributed by atoms with Crippen molar-refractivity contribution in [3.8, 4) is 0 Å². The third-order valence-corrected chi connectivity index (χ3v) is 5.60. The van der Waals surface area contributed by atoms with Gasteiger partial charge in [0.1, 0.15) is 16.1 Å². The van der Waals surface area contributed by atoms with Crippen LogP contribution in [0, 0.1) is 3.70 Å². The fraction of sp³-hybridized carbons (Fsp3) is 0.444. The number of halogens is 4. The van der Waals surface area contributed by atoms with E-state index in [0.717, 1.165) is 29.2 Å². The van der Waals surface area contributed by atoms with Crippen molar-refractivity contribution in [1.82, 2.24) is 14.5 Å². The summed E-state index contributed by atoms with van der Waals surface area (Å²) in [4.78, 5) is 17.6. The molecule has 1 N–H and O–H groups in total. The van der Waals surface area contributed by atoms with Crippen LogP contribution in [-0.4, -0.2) is 39.3 Å². The maximum atomic E-state index is 12.7. The van der Waals surface area contributed by atoms with Gasteiger partial charge < -0.3 is 14.4 Å². The first-order chi connectivity index (χ1) is 13.2. The Morgan fingerprint density at radius 3 is 2.57 bits per heavy atom. The highest BCUT2D eigenvalue weighted by Crippen LogP contribution is 2.35. The highest BCUT2D eigenvalue weighted by Gasteiger charge is 2.35. The second-order valence-corrected chi connectivity index (χ2v) is 7.54. The Hall–Kier alpha value is -1.82. The molecule has 1 atom stereocenters. The summed E-state index contributed by atoms with van der Waals surface area (Å²) in [6.07, 6.45) is -4.49. The Bertz CT molecular complexity index is 852. The summed E-state index contributed by atoms with van der Waals surface area (Å²) in [7, 11) is 1.57. The number of ether oxygens (including phenoxy) is 1. The predicted octanol–water partition coefficient (Wildman–Crippen LogP) is 4.32. The molecule has 0 saturated heterocycles. The maximum Gasteiger partial charge on any atom is 0.416 e. The summed E-state index contributed by atoms with van der Waals surface area (Å²) < 4.78 is 46.0. The molecule has 0 aliphatic carbocycles. The second-order valence-electron chi connectivity index (χ2n) is 6.51. The average Bonchev–Trinajstić information content (AvgIpc) is 2.95. The Kier molecular flexibility index (Phi) is 6.18. The molecule has 1 aliphatic rings. The number of imidazole rings is 1. The molecule has 0 radical (unpaired) electrons. The summed E-state index contributed by atoms with van der Waals surface area (Å²) in [5.74, 6) is 0.742. The number of amides is 1. The van der Waals surface area contributed by atoms with Crippen LogP contribution < -0.4 is 0 Å². The standard InChI is InChI=1S/C18H19F3IN3O3/c1-28-10-14-23-16(22)15-13(24(17(26)27)8-9-25(14)15)7-4-11-2-5-12(6-3-11)18(19,20)21/h2-3,5-6,13H,4,7-10H2,1H3,(H,26,27). The minimum Gasteiger partial charge on any atom is -0.465 e. The Labute approximate surface area is 173 Å². The normalized spacial score (nSPS) is 16.9. The molecular formula is C18H19F3IN3O3. The summed E-state index contributed by atoms with van der Waals surface area (Å²) in [6.45, 7) is 1.14. The van der Waals surface area contributed by atoms with Gasteiger partial charge in [0.2, 0.25) is 0 Å². The molecule has 3 rings (SSSR count). The molecule has 0 saturated carbocycles. The number of aromatic nitrogens is 2. The van der Waals surface area contributed by atoms with Gasteiger partial charge >= 0.3 is 12.3 Å². The topological polar surface area (TPSA) is 67.6 Å². The van der Waals surface area contributed by atoms with Gasteiger partial charge in [-0.25, -0.2) is 9.78 Å². The lowest BCUT2D eigenvalue weighted by molar-refractivity contribution is -0.137. The number of carboxylic acid groups (broad SMARTS) is 1. The van der Waals surface area contributed by atoms with Crippen molar-refractivity contribution in [1.29, 1.82) is 0 Å². The molecule has 1 amide bonds. The van der Waals surface area contributed by atoms with Crippen LogP contribution in [0.4, 0.5) is 18.0 Å². The molecule has 6 nitrogen and oxygen atoms in total. The van der Waals surface area contributed by atoms with Crippen LogP contribution >= 0.6 is 22.6 Å². The molecule has 0 spiro atoms. The third kappa shape index (κ3) is 4.27. The highest BCUT2D eigenvalue weighted by atomic mass is 127. The fourth-order valence-corrected chi connectivity index (χ4v) is 4.41. The van der Waals surface area contributed by atoms with Gasteiger partial charge in [-0.15, -0.1) is 0 Å². The smallest absolute Gasteiger partial charge is 0.416 e. The molecule has 1 aliphatic heterocycles. The average molecular weight is 509 g/mol. The van der Waals surface area contributed by atoms with E-state index >= 15 is 0 Å². The van der Waals surface area contributed by atoms with Crippen LogP contribution in [0.2, 0.25) is 0 Å². The van der Waals surface area contributed by atoms with Gasteiger partial charge in [0, 0.05) is 20.2 Å². The van der Waals surface area contributed by atoms with E-state index in [0.29, 0.717) is 36.2 Å². The number of methoxy groups -OCH3 is 1. The zero-order chi connectivity index (χ0) is 20.5. The molecule has 1 aromatic heterocycles. The first-order valence-electron chi connectivity index (χ1n) is 8.61. The van der Waals surface area contributed by atoms with E-state index in [2.05, 4.69) is 27.6 Å². The van der Waals surface area contributed by atoms with Crippen LogP contribution in [0.25, 0.3) is 0 Å². The van der Waals surface area contributed by atoms with E-state index < -0.39 is 23.9 Å². The first-order valence-corrected chi connectivity index (χ1v) is 9.69. The summed E-state index contributed by atoms with van der Waals surface area (Å²) in [5.41, 5.74) is 0.841. The van der Waals surface area contributed by atoms with Gasteiger partial charge in [-0.05, 0) is 53.1 Å². The molecular weight excluding hydrogens is 490 g/mol. The zero-order valence-corrected chi connectivity index (χ0v) is 17.2. The molecule has 0 fully saturated rings. The van der Waals surface area contributed by atoms with Gasteiger partial charge in [0.05, 0.1) is 17.3 Å². The molecule has 2 heterocycles. The molecule has 0 bridgehead atoms. The van der Waals surface area contributed by atoms with Crippen molar-refractivity contribution in [2.45, 2.75) is 38.2 Å². The Morgan fingerprint density at radius 2 is 2.00 bits per heavy atom. The maximum absolute atomic E-state index is 12.7. The number of aryl methyl sites for hydroxylation is 1. The van der Waals surface area contributed by atoms with E-state index in [1.165, 1.54) is 17.0 Å². The number of fused-ring (bicyclic) bond motifs is 1. The number of alkyl halides is 3. The van der Waals surface area contributed by atoms with Crippen molar-refractivity contribution in [2.24, 2.45) is 0 Å². The molecule has 1 unspecified atom stereocenters. The van der Waals surface area contributed by atoms with Crippen LogP contribution in [0.1, 0.15) is 35.1 Å². The lowest BCUT2D eigenvalue weighted by Crippen LogP contribution is -2.42. The van der Waals surface area contributed by atoms with E-state index in [1.807, 2.05) is 4.57 Å². The number of nitrogens with zero attached hydrogens (tertiary/aromatic N) is 3. The minimum atomic E-state index is -4.37. The largest absolute Gasteiger partial charge is 0.465 e. The quantitative estimate of drug-likeness (QED) is 0.610. The van der Waals surface area contributed by atoms with Gasteiger partial charge in [0.25, 0.3) is 0 Å². The SMILES string of the molecule is COCc1nc(I)c2n1CCN(C(=O)O)C2CCc1ccc(C(F)(F)F)cc1. The van der Waals surface area contributed by atoms with Crippen molar-refractivity contribution >= 4 is 28.7 Å². The van der Waals surface area contributed by atoms with E-state index in [9.17, 15) is 23.1 Å². The zero-order valence-electron chi connectivity index (χ0n) is 15.0. The van der Waals surface area contributed by atoms with Crippen molar-refractivity contribution in [2.75, 3.05) is 13.7 Å². The monoisotopic (exact) mass is 509 g/mol. The highest BCUT2D eigenvalue weighted by molar-refractivity contribution is 14.1. The van der Waals surface area contributed by atoms with Gasteiger partial charge in [-0.2, -0.15) is 13.2 Å². The lowest BCUT2D eigenvalue weighted by Gasteiger charge is -2.35. The lowest BCUT2D eigenvalue weighted by atomic mass is 9.99. The fourth-order valence-electron chi connectivity index (χ4n) is 3.48. The summed E-state index contributed by atoms with van der Waals surface area (Å²) >= 11 is 2.09. The van der Waals surface area contributed by atoms with Crippen LogP contribution in [0.15, 0.2) is 24.3 Å². The number of rotatable bonds is 5. The van der Waals surface area contributed by atoms with Crippen molar-refractivity contribution in [3.63, 3.8) is 0 Å². The van der Waals surface area contributed by atoms with Gasteiger partial charge in [0.15, 0.2) is 0 Å². The van der Waals surface area contributed by atoms with E-state index in [1.54, 1.807) is 7.11 Å². The summed E-state index contributed by atoms with van der Waals surface area (Å²) in [6, 6.07) is 4.56. The first kappa shape index (κ1) is 20.9. The predicted molar refractivity (Wildman–Crippen MR) is 103 cm³/mol. The number of hydrogen-bond acceptors (Lipinski definition) is 3. The van der Waals surface area contributed by atoms with Crippen LogP contribution in [0.3, 0.4) is 0 Å². The minimum absolute atomic E-state index is 0.323. The van der Waals surface area contributed by atoms with Crippen LogP contribution in [0.5, 0.6) is 0 Å². The molecule has 28 heavy (non-hydrogen) atoms. The number of carbonyl (C=O) groups is 1. The van der Waals surface area contributed by atoms with Crippen molar-refractivity contribution in [3.05, 3.63) is 50.6 Å². The van der Waals surface area contributed by atoms with Crippen LogP contribution in [-0.2, 0) is 30.5 Å². The number of benzene rings is 1. The molecule has 152 valence electrons. The molecule has 2 aromatic rings. The Balaban J connectivity index is 1.84. The second kappa shape index (κ2) is 8.27. The third-order valence-electron chi connectivity index (χ3n) is 4.80. The Morgan fingerprint density at radius 1 is 1.32 bits per heavy atom. The summed E-state index contributed by atoms with van der Waals surface area (Å²) in [5, 5.41) is 9.60. The van der Waals surface area contributed by atoms with E-state index in [-0.39, 0.29) is 0 Å².